The van der Waals surface area contributed by atoms with E-state index in [0.29, 0.717) is 5.69 Å². The van der Waals surface area contributed by atoms with Crippen molar-refractivity contribution in [2.24, 2.45) is 0 Å². The summed E-state index contributed by atoms with van der Waals surface area (Å²) >= 11 is 0. The van der Waals surface area contributed by atoms with Crippen molar-refractivity contribution >= 4 is 5.69 Å². The predicted molar refractivity (Wildman–Crippen MR) is 36.1 cm³/mol. The molecule has 0 fully saturated rings. The van der Waals surface area contributed by atoms with Gasteiger partial charge < -0.3 is 16.3 Å². The second-order valence-corrected chi connectivity index (χ2v) is 1.59. The van der Waals surface area contributed by atoms with Crippen LogP contribution in [0.3, 0.4) is 0 Å². The first kappa shape index (κ1) is 7.78. The molecule has 0 bridgehead atoms. The number of phenolic OH excluding ortho intramolecular Hbond substituents is 1. The van der Waals surface area contributed by atoms with Gasteiger partial charge in [0.1, 0.15) is 5.75 Å². The van der Waals surface area contributed by atoms with E-state index >= 15 is 0 Å². The Bertz CT molecular complexity index is 171. The van der Waals surface area contributed by atoms with E-state index in [9.17, 15) is 0 Å². The monoisotopic (exact) mass is 127 g/mol. The fraction of sp³-hybridized carbons (Fsp3) is 0. The molecule has 0 aliphatic carbocycles. The zero-order chi connectivity index (χ0) is 5.98. The maximum atomic E-state index is 8.73. The smallest absolute Gasteiger partial charge is 0.117 e. The minimum absolute atomic E-state index is 0. The zero-order valence-electron chi connectivity index (χ0n) is 4.83. The lowest BCUT2D eigenvalue weighted by Crippen LogP contribution is -1.80. The molecular formula is C6H9NO2. The molecule has 9 heavy (non-hydrogen) atoms. The minimum Gasteiger partial charge on any atom is -0.508 e. The van der Waals surface area contributed by atoms with Gasteiger partial charge in [0.15, 0.2) is 0 Å². The Morgan fingerprint density at radius 1 is 1.33 bits per heavy atom. The molecule has 0 amide bonds. The second-order valence-electron chi connectivity index (χ2n) is 1.59. The van der Waals surface area contributed by atoms with Crippen LogP contribution >= 0.6 is 0 Å². The van der Waals surface area contributed by atoms with Gasteiger partial charge in [0.25, 0.3) is 0 Å². The molecule has 0 radical (unpaired) electrons. The summed E-state index contributed by atoms with van der Waals surface area (Å²) in [5.74, 6) is 0.213. The zero-order valence-corrected chi connectivity index (χ0v) is 4.83. The van der Waals surface area contributed by atoms with Crippen LogP contribution in [0, 0.1) is 0 Å². The van der Waals surface area contributed by atoms with Crippen LogP contribution in [0.5, 0.6) is 5.75 Å². The van der Waals surface area contributed by atoms with Crippen LogP contribution in [0.4, 0.5) is 5.69 Å². The highest BCUT2D eigenvalue weighted by Gasteiger charge is 1.83. The largest absolute Gasteiger partial charge is 0.508 e. The predicted octanol–water partition coefficient (Wildman–Crippen LogP) is 0.150. The van der Waals surface area contributed by atoms with Crippen LogP contribution in [-0.2, 0) is 0 Å². The number of phenols is 1. The Balaban J connectivity index is 0.000000640. The van der Waals surface area contributed by atoms with Gasteiger partial charge in [-0.1, -0.05) is 6.07 Å². The van der Waals surface area contributed by atoms with E-state index in [4.69, 9.17) is 10.8 Å². The molecule has 0 spiro atoms. The van der Waals surface area contributed by atoms with Crippen LogP contribution < -0.4 is 5.73 Å². The molecule has 3 nitrogen and oxygen atoms in total. The molecule has 0 unspecified atom stereocenters. The van der Waals surface area contributed by atoms with E-state index in [2.05, 4.69) is 0 Å². The molecule has 3 heteroatoms. The van der Waals surface area contributed by atoms with Crippen LogP contribution in [-0.4, -0.2) is 10.6 Å². The fourth-order valence-corrected chi connectivity index (χ4v) is 0.525. The molecule has 1 aromatic carbocycles. The highest BCUT2D eigenvalue weighted by Crippen LogP contribution is 2.10. The Morgan fingerprint density at radius 2 is 2.00 bits per heavy atom. The lowest BCUT2D eigenvalue weighted by Gasteiger charge is -1.90. The number of nitrogens with two attached hydrogens (primary N) is 1. The molecule has 50 valence electrons. The third-order valence-corrected chi connectivity index (χ3v) is 0.870. The molecule has 1 rings (SSSR count). The summed E-state index contributed by atoms with van der Waals surface area (Å²) in [6.07, 6.45) is 0. The summed E-state index contributed by atoms with van der Waals surface area (Å²) in [7, 11) is 0. The fourth-order valence-electron chi connectivity index (χ4n) is 0.525. The van der Waals surface area contributed by atoms with Crippen molar-refractivity contribution < 1.29 is 10.6 Å². The maximum absolute atomic E-state index is 8.73. The second kappa shape index (κ2) is 2.94. The van der Waals surface area contributed by atoms with E-state index in [1.165, 1.54) is 6.07 Å². The minimum atomic E-state index is 0. The third-order valence-electron chi connectivity index (χ3n) is 0.870. The molecule has 0 saturated carbocycles. The Hall–Kier alpha value is -1.22. The van der Waals surface area contributed by atoms with E-state index in [1.807, 2.05) is 0 Å². The highest BCUT2D eigenvalue weighted by molar-refractivity contribution is 5.42. The van der Waals surface area contributed by atoms with Crippen molar-refractivity contribution in [1.29, 1.82) is 0 Å². The van der Waals surface area contributed by atoms with Gasteiger partial charge in [-0.3, -0.25) is 0 Å². The molecule has 0 heterocycles. The molecule has 0 aromatic heterocycles. The lowest BCUT2D eigenvalue weighted by atomic mass is 10.3. The summed E-state index contributed by atoms with van der Waals surface area (Å²) in [4.78, 5) is 0. The highest BCUT2D eigenvalue weighted by atomic mass is 16.3. The number of hydrogen-bond donors (Lipinski definition) is 2. The standard InChI is InChI=1S/C6H7NO.H2O/c7-5-2-1-3-6(8)4-5;/h1-4,8H,7H2;1H2. The molecule has 0 aliphatic heterocycles. The van der Waals surface area contributed by atoms with E-state index in [-0.39, 0.29) is 11.2 Å². The number of anilines is 1. The van der Waals surface area contributed by atoms with E-state index < -0.39 is 0 Å². The molecular weight excluding hydrogens is 118 g/mol. The first-order valence-electron chi connectivity index (χ1n) is 2.33. The summed E-state index contributed by atoms with van der Waals surface area (Å²) in [6, 6.07) is 6.50. The van der Waals surface area contributed by atoms with Gasteiger partial charge in [-0.05, 0) is 12.1 Å². The lowest BCUT2D eigenvalue weighted by molar-refractivity contribution is 0.475. The van der Waals surface area contributed by atoms with Gasteiger partial charge in [0.2, 0.25) is 0 Å². The van der Waals surface area contributed by atoms with E-state index in [0.717, 1.165) is 0 Å². The first-order valence-corrected chi connectivity index (χ1v) is 2.33. The van der Waals surface area contributed by atoms with Crippen LogP contribution in [0.2, 0.25) is 0 Å². The average Bonchev–Trinajstić information content (AvgIpc) is 1.64. The number of rotatable bonds is 0. The van der Waals surface area contributed by atoms with E-state index in [1.54, 1.807) is 18.2 Å². The Kier molecular flexibility index (Phi) is 2.54. The third kappa shape index (κ3) is 2.01. The van der Waals surface area contributed by atoms with Gasteiger partial charge in [0.05, 0.1) is 0 Å². The quantitative estimate of drug-likeness (QED) is 0.486. The Morgan fingerprint density at radius 3 is 2.33 bits per heavy atom. The molecule has 0 saturated heterocycles. The first-order chi connectivity index (χ1) is 3.79. The number of hydrogen-bond acceptors (Lipinski definition) is 2. The Labute approximate surface area is 53.0 Å². The number of aromatic hydroxyl groups is 1. The summed E-state index contributed by atoms with van der Waals surface area (Å²) < 4.78 is 0. The average molecular weight is 127 g/mol. The maximum Gasteiger partial charge on any atom is 0.117 e. The van der Waals surface area contributed by atoms with Gasteiger partial charge in [-0.25, -0.2) is 0 Å². The molecule has 5 N–H and O–H groups in total. The van der Waals surface area contributed by atoms with Crippen molar-refractivity contribution in [2.75, 3.05) is 5.73 Å². The van der Waals surface area contributed by atoms with Crippen LogP contribution in [0.1, 0.15) is 0 Å². The SMILES string of the molecule is Nc1cccc(O)c1.O. The summed E-state index contributed by atoms with van der Waals surface area (Å²) in [6.45, 7) is 0. The molecule has 0 aliphatic rings. The van der Waals surface area contributed by atoms with Gasteiger partial charge in [0, 0.05) is 11.8 Å². The number of nitrogen functional groups attached to an aromatic ring is 1. The van der Waals surface area contributed by atoms with Gasteiger partial charge >= 0.3 is 0 Å². The summed E-state index contributed by atoms with van der Waals surface area (Å²) in [5.41, 5.74) is 5.89. The normalized spacial score (nSPS) is 8.00. The van der Waals surface area contributed by atoms with Crippen molar-refractivity contribution in [3.8, 4) is 5.75 Å². The van der Waals surface area contributed by atoms with Crippen molar-refractivity contribution in [2.45, 2.75) is 0 Å². The number of benzene rings is 1. The van der Waals surface area contributed by atoms with Crippen LogP contribution in [0.25, 0.3) is 0 Å². The van der Waals surface area contributed by atoms with Gasteiger partial charge in [-0.2, -0.15) is 0 Å². The van der Waals surface area contributed by atoms with Crippen LogP contribution in [0.15, 0.2) is 24.3 Å². The topological polar surface area (TPSA) is 77.8 Å². The molecule has 0 atom stereocenters. The van der Waals surface area contributed by atoms with Crippen molar-refractivity contribution in [1.82, 2.24) is 0 Å². The van der Waals surface area contributed by atoms with Crippen molar-refractivity contribution in [3.05, 3.63) is 24.3 Å². The molecule has 1 aromatic rings. The summed E-state index contributed by atoms with van der Waals surface area (Å²) in [5, 5.41) is 8.73. The van der Waals surface area contributed by atoms with Crippen molar-refractivity contribution in [3.63, 3.8) is 0 Å². The van der Waals surface area contributed by atoms with Gasteiger partial charge in [-0.15, -0.1) is 0 Å².